The predicted octanol–water partition coefficient (Wildman–Crippen LogP) is 1.89. The van der Waals surface area contributed by atoms with Gasteiger partial charge in [0.25, 0.3) is 0 Å². The maximum absolute atomic E-state index is 10.4. The number of hydrogen-bond donors (Lipinski definition) is 1. The number of carbonyl (C=O) groups is 1. The number of carboxylic acids is 1. The summed E-state index contributed by atoms with van der Waals surface area (Å²) in [5.74, 6) is -0.988. The molecule has 1 aliphatic heterocycles. The van der Waals surface area contributed by atoms with Crippen LogP contribution in [0.4, 0.5) is 0 Å². The van der Waals surface area contributed by atoms with E-state index in [9.17, 15) is 4.79 Å². The summed E-state index contributed by atoms with van der Waals surface area (Å²) in [5.41, 5.74) is 0. The molecule has 0 aromatic heterocycles. The Morgan fingerprint density at radius 1 is 1.64 bits per heavy atom. The summed E-state index contributed by atoms with van der Waals surface area (Å²) in [4.78, 5) is 10.4. The molecule has 0 aliphatic carbocycles. The number of rotatable bonds is 4. The minimum atomic E-state index is -0.988. The Morgan fingerprint density at radius 3 is 3.00 bits per heavy atom. The highest BCUT2D eigenvalue weighted by Gasteiger charge is 2.13. The van der Waals surface area contributed by atoms with Gasteiger partial charge in [-0.25, -0.2) is 4.79 Å². The van der Waals surface area contributed by atoms with Crippen molar-refractivity contribution in [1.29, 1.82) is 0 Å². The lowest BCUT2D eigenvalue weighted by atomic mass is 10.2. The van der Waals surface area contributed by atoms with E-state index in [-0.39, 0.29) is 17.4 Å². The van der Waals surface area contributed by atoms with Crippen molar-refractivity contribution in [3.8, 4) is 0 Å². The van der Waals surface area contributed by atoms with Crippen molar-refractivity contribution in [1.82, 2.24) is 0 Å². The van der Waals surface area contributed by atoms with Gasteiger partial charge in [0.05, 0.1) is 6.61 Å². The monoisotopic (exact) mass is 264 g/mol. The van der Waals surface area contributed by atoms with E-state index in [1.807, 2.05) is 0 Å². The van der Waals surface area contributed by atoms with E-state index in [2.05, 4.69) is 15.9 Å². The summed E-state index contributed by atoms with van der Waals surface area (Å²) < 4.78 is 10.7. The van der Waals surface area contributed by atoms with Crippen molar-refractivity contribution in [2.45, 2.75) is 25.6 Å². The van der Waals surface area contributed by atoms with Gasteiger partial charge < -0.3 is 14.6 Å². The first kappa shape index (κ1) is 11.7. The molecule has 0 aromatic rings. The maximum Gasteiger partial charge on any atom is 0.342 e. The Hall–Kier alpha value is -0.390. The van der Waals surface area contributed by atoms with Gasteiger partial charge in [-0.1, -0.05) is 0 Å². The quantitative estimate of drug-likeness (QED) is 0.788. The van der Waals surface area contributed by atoms with E-state index in [0.29, 0.717) is 0 Å². The Bertz CT molecular complexity index is 221. The van der Waals surface area contributed by atoms with Crippen LogP contribution in [0.5, 0.6) is 0 Å². The second-order valence-electron chi connectivity index (χ2n) is 2.99. The van der Waals surface area contributed by atoms with Crippen molar-refractivity contribution in [2.75, 3.05) is 13.2 Å². The zero-order valence-corrected chi connectivity index (χ0v) is 9.33. The van der Waals surface area contributed by atoms with Crippen LogP contribution in [0.1, 0.15) is 19.3 Å². The molecule has 0 saturated carbocycles. The van der Waals surface area contributed by atoms with Gasteiger partial charge >= 0.3 is 5.97 Å². The molecule has 1 fully saturated rings. The number of ether oxygens (including phenoxy) is 2. The Balaban J connectivity index is 2.19. The number of carboxylic acid groups (broad SMARTS) is 1. The summed E-state index contributed by atoms with van der Waals surface area (Å²) in [6.07, 6.45) is 4.37. The molecule has 0 aromatic carbocycles. The summed E-state index contributed by atoms with van der Waals surface area (Å²) in [7, 11) is 0. The third-order valence-electron chi connectivity index (χ3n) is 1.89. The van der Waals surface area contributed by atoms with Crippen LogP contribution in [0.3, 0.4) is 0 Å². The molecule has 1 saturated heterocycles. The Kier molecular flexibility index (Phi) is 5.14. The molecule has 1 aliphatic rings. The zero-order chi connectivity index (χ0) is 10.4. The first-order chi connectivity index (χ1) is 6.70. The molecule has 0 bridgehead atoms. The summed E-state index contributed by atoms with van der Waals surface area (Å²) >= 11 is 2.91. The summed E-state index contributed by atoms with van der Waals surface area (Å²) in [6.45, 7) is 0.992. The van der Waals surface area contributed by atoms with Crippen LogP contribution in [-0.2, 0) is 14.3 Å². The first-order valence-electron chi connectivity index (χ1n) is 4.52. The van der Waals surface area contributed by atoms with E-state index in [1.54, 1.807) is 0 Å². The van der Waals surface area contributed by atoms with Gasteiger partial charge in [-0.3, -0.25) is 0 Å². The Morgan fingerprint density at radius 2 is 2.43 bits per heavy atom. The molecule has 5 heteroatoms. The normalized spacial score (nSPS) is 23.5. The van der Waals surface area contributed by atoms with Gasteiger partial charge in [-0.05, 0) is 41.3 Å². The minimum Gasteiger partial charge on any atom is -0.477 e. The lowest BCUT2D eigenvalue weighted by molar-refractivity contribution is -0.155. The average molecular weight is 265 g/mol. The highest BCUT2D eigenvalue weighted by atomic mass is 79.9. The standard InChI is InChI=1S/C9H13BrO4/c10-7(9(11)12)4-6-14-8-3-1-2-5-13-8/h4,8H,1-3,5-6H2,(H,11,12). The lowest BCUT2D eigenvalue weighted by Gasteiger charge is -2.21. The van der Waals surface area contributed by atoms with Gasteiger partial charge in [-0.15, -0.1) is 0 Å². The van der Waals surface area contributed by atoms with Crippen LogP contribution in [0, 0.1) is 0 Å². The molecule has 80 valence electrons. The van der Waals surface area contributed by atoms with E-state index in [0.717, 1.165) is 25.9 Å². The fraction of sp³-hybridized carbons (Fsp3) is 0.667. The summed E-state index contributed by atoms with van der Waals surface area (Å²) in [6, 6.07) is 0. The first-order valence-corrected chi connectivity index (χ1v) is 5.31. The molecule has 4 nitrogen and oxygen atoms in total. The molecule has 14 heavy (non-hydrogen) atoms. The Labute approximate surface area is 91.0 Å². The van der Waals surface area contributed by atoms with E-state index in [1.165, 1.54) is 6.08 Å². The largest absolute Gasteiger partial charge is 0.477 e. The molecule has 1 unspecified atom stereocenters. The van der Waals surface area contributed by atoms with Crippen LogP contribution in [0.2, 0.25) is 0 Å². The molecular weight excluding hydrogens is 252 g/mol. The number of halogens is 1. The summed E-state index contributed by atoms with van der Waals surface area (Å²) in [5, 5.41) is 8.52. The highest BCUT2D eigenvalue weighted by Crippen LogP contribution is 2.14. The predicted molar refractivity (Wildman–Crippen MR) is 54.2 cm³/mol. The van der Waals surface area contributed by atoms with E-state index >= 15 is 0 Å². The van der Waals surface area contributed by atoms with Gasteiger partial charge in [0, 0.05) is 6.61 Å². The van der Waals surface area contributed by atoms with E-state index < -0.39 is 5.97 Å². The van der Waals surface area contributed by atoms with Gasteiger partial charge in [0.2, 0.25) is 0 Å². The third-order valence-corrected chi connectivity index (χ3v) is 2.55. The van der Waals surface area contributed by atoms with Crippen molar-refractivity contribution in [3.63, 3.8) is 0 Å². The van der Waals surface area contributed by atoms with Gasteiger partial charge in [-0.2, -0.15) is 0 Å². The smallest absolute Gasteiger partial charge is 0.342 e. The van der Waals surface area contributed by atoms with Crippen LogP contribution in [0.15, 0.2) is 10.6 Å². The van der Waals surface area contributed by atoms with Gasteiger partial charge in [0.1, 0.15) is 4.48 Å². The molecular formula is C9H13BrO4. The minimum absolute atomic E-state index is 0.119. The second-order valence-corrected chi connectivity index (χ2v) is 3.84. The molecule has 1 rings (SSSR count). The zero-order valence-electron chi connectivity index (χ0n) is 7.74. The molecule has 0 spiro atoms. The van der Waals surface area contributed by atoms with Crippen LogP contribution in [0.25, 0.3) is 0 Å². The molecule has 1 atom stereocenters. The fourth-order valence-electron chi connectivity index (χ4n) is 1.16. The molecule has 0 amide bonds. The lowest BCUT2D eigenvalue weighted by Crippen LogP contribution is -2.22. The number of aliphatic carboxylic acids is 1. The molecule has 1 N–H and O–H groups in total. The van der Waals surface area contributed by atoms with E-state index in [4.69, 9.17) is 14.6 Å². The maximum atomic E-state index is 10.4. The number of hydrogen-bond acceptors (Lipinski definition) is 3. The highest BCUT2D eigenvalue weighted by molar-refractivity contribution is 9.12. The molecule has 0 radical (unpaired) electrons. The van der Waals surface area contributed by atoms with Crippen molar-refractivity contribution >= 4 is 21.9 Å². The SMILES string of the molecule is O=C(O)C(Br)=CCOC1CCCCO1. The van der Waals surface area contributed by atoms with Crippen molar-refractivity contribution in [3.05, 3.63) is 10.6 Å². The fourth-order valence-corrected chi connectivity index (χ4v) is 1.29. The third kappa shape index (κ3) is 4.21. The van der Waals surface area contributed by atoms with Gasteiger partial charge in [0.15, 0.2) is 6.29 Å². The van der Waals surface area contributed by atoms with Crippen LogP contribution >= 0.6 is 15.9 Å². The second kappa shape index (κ2) is 6.16. The van der Waals surface area contributed by atoms with Crippen molar-refractivity contribution < 1.29 is 19.4 Å². The van der Waals surface area contributed by atoms with Crippen LogP contribution < -0.4 is 0 Å². The molecule has 1 heterocycles. The van der Waals surface area contributed by atoms with Crippen molar-refractivity contribution in [2.24, 2.45) is 0 Å². The van der Waals surface area contributed by atoms with Crippen LogP contribution in [-0.4, -0.2) is 30.6 Å². The average Bonchev–Trinajstić information content (AvgIpc) is 2.19. The topological polar surface area (TPSA) is 55.8 Å².